The largest absolute Gasteiger partial charge is 0.481 e. The molecule has 0 radical (unpaired) electrons. The van der Waals surface area contributed by atoms with Gasteiger partial charge in [-0.2, -0.15) is 9.78 Å². The zero-order chi connectivity index (χ0) is 23.5. The number of aromatic nitrogens is 2. The third-order valence-corrected chi connectivity index (χ3v) is 5.72. The van der Waals surface area contributed by atoms with Crippen molar-refractivity contribution in [3.8, 4) is 5.75 Å². The predicted octanol–water partition coefficient (Wildman–Crippen LogP) is 5.60. The monoisotopic (exact) mass is 570 g/mol. The molecular weight excluding hydrogens is 556 g/mol. The first kappa shape index (κ1) is 22.8. The van der Waals surface area contributed by atoms with E-state index in [-0.39, 0.29) is 23.6 Å². The number of fused-ring (bicyclic) bond motifs is 1. The van der Waals surface area contributed by atoms with E-state index in [9.17, 15) is 14.9 Å². The maximum atomic E-state index is 13.0. The Balaban J connectivity index is 1.79. The van der Waals surface area contributed by atoms with Crippen molar-refractivity contribution in [2.75, 3.05) is 0 Å². The van der Waals surface area contributed by atoms with Crippen LogP contribution in [0.15, 0.2) is 79.5 Å². The Kier molecular flexibility index (Phi) is 6.66. The molecule has 0 saturated heterocycles. The number of nitro benzene ring substituents is 1. The second kappa shape index (κ2) is 9.63. The van der Waals surface area contributed by atoms with E-state index in [0.29, 0.717) is 26.8 Å². The topological polar surface area (TPSA) is 99.6 Å². The summed E-state index contributed by atoms with van der Waals surface area (Å²) >= 11 is 6.66. The van der Waals surface area contributed by atoms with Crippen molar-refractivity contribution >= 4 is 54.7 Å². The van der Waals surface area contributed by atoms with E-state index in [1.54, 1.807) is 31.2 Å². The lowest BCUT2D eigenvalue weighted by Crippen LogP contribution is -2.20. The average molecular weight is 572 g/mol. The maximum Gasteiger partial charge on any atom is 0.312 e. The highest BCUT2D eigenvalue weighted by Gasteiger charge is 2.21. The highest BCUT2D eigenvalue weighted by atomic mass is 79.9. The van der Waals surface area contributed by atoms with Crippen molar-refractivity contribution in [1.29, 1.82) is 0 Å². The first-order chi connectivity index (χ1) is 15.8. The molecule has 0 N–H and O–H groups in total. The van der Waals surface area contributed by atoms with Crippen LogP contribution < -0.4 is 10.3 Å². The van der Waals surface area contributed by atoms with Gasteiger partial charge >= 0.3 is 5.69 Å². The van der Waals surface area contributed by atoms with E-state index < -0.39 is 4.92 Å². The van der Waals surface area contributed by atoms with E-state index >= 15 is 0 Å². The minimum atomic E-state index is -0.519. The number of rotatable bonds is 6. The summed E-state index contributed by atoms with van der Waals surface area (Å²) in [6.07, 6.45) is 1.36. The lowest BCUT2D eigenvalue weighted by atomic mass is 10.2. The standard InChI is InChI=1S/C23H16Br2N4O4/c1-14-27-20-8-7-17(24)10-19(20)23(30)28(14)26-12-16-9-18(25)11-21(29(31)32)22(16)33-13-15-5-3-2-4-6-15/h2-12H,13H2,1H3. The fraction of sp³-hybridized carbons (Fsp3) is 0.0870. The van der Waals surface area contributed by atoms with Crippen molar-refractivity contribution in [3.63, 3.8) is 0 Å². The predicted molar refractivity (Wildman–Crippen MR) is 133 cm³/mol. The van der Waals surface area contributed by atoms with Crippen LogP contribution in [-0.4, -0.2) is 20.8 Å². The van der Waals surface area contributed by atoms with Crippen molar-refractivity contribution in [2.45, 2.75) is 13.5 Å². The molecule has 0 aliphatic carbocycles. The second-order valence-corrected chi connectivity index (χ2v) is 8.89. The van der Waals surface area contributed by atoms with Crippen LogP contribution >= 0.6 is 31.9 Å². The van der Waals surface area contributed by atoms with Gasteiger partial charge in [-0.05, 0) is 36.8 Å². The normalized spacial score (nSPS) is 11.2. The zero-order valence-corrected chi connectivity index (χ0v) is 20.4. The molecule has 0 bridgehead atoms. The number of hydrogen-bond acceptors (Lipinski definition) is 6. The molecule has 33 heavy (non-hydrogen) atoms. The summed E-state index contributed by atoms with van der Waals surface area (Å²) in [6, 6.07) is 17.5. The minimum absolute atomic E-state index is 0.0537. The van der Waals surface area contributed by atoms with Gasteiger partial charge in [-0.3, -0.25) is 14.9 Å². The smallest absolute Gasteiger partial charge is 0.312 e. The summed E-state index contributed by atoms with van der Waals surface area (Å²) in [5.74, 6) is 0.431. The average Bonchev–Trinajstić information content (AvgIpc) is 2.79. The molecule has 1 aromatic heterocycles. The molecule has 8 nitrogen and oxygen atoms in total. The summed E-state index contributed by atoms with van der Waals surface area (Å²) in [5.41, 5.74) is 1.18. The number of ether oxygens (including phenoxy) is 1. The van der Waals surface area contributed by atoms with E-state index in [2.05, 4.69) is 41.9 Å². The molecule has 0 spiro atoms. The number of nitrogens with zero attached hydrogens (tertiary/aromatic N) is 4. The zero-order valence-electron chi connectivity index (χ0n) is 17.2. The molecule has 0 fully saturated rings. The van der Waals surface area contributed by atoms with Gasteiger partial charge in [0.1, 0.15) is 12.4 Å². The van der Waals surface area contributed by atoms with E-state index in [1.165, 1.54) is 12.3 Å². The summed E-state index contributed by atoms with van der Waals surface area (Å²) in [7, 11) is 0. The molecule has 0 atom stereocenters. The SMILES string of the molecule is Cc1nc2ccc(Br)cc2c(=O)n1N=Cc1cc(Br)cc([N+](=O)[O-])c1OCc1ccccc1. The van der Waals surface area contributed by atoms with Gasteiger partial charge in [0.25, 0.3) is 5.56 Å². The fourth-order valence-electron chi connectivity index (χ4n) is 3.23. The van der Waals surface area contributed by atoms with Gasteiger partial charge in [0.2, 0.25) is 5.75 Å². The van der Waals surface area contributed by atoms with Gasteiger partial charge in [0, 0.05) is 20.6 Å². The Morgan fingerprint density at radius 1 is 1.12 bits per heavy atom. The molecule has 166 valence electrons. The summed E-state index contributed by atoms with van der Waals surface area (Å²) in [6.45, 7) is 1.80. The van der Waals surface area contributed by atoms with Crippen LogP contribution in [0.25, 0.3) is 10.9 Å². The lowest BCUT2D eigenvalue weighted by molar-refractivity contribution is -0.386. The van der Waals surface area contributed by atoms with Crippen LogP contribution in [0.2, 0.25) is 0 Å². The minimum Gasteiger partial charge on any atom is -0.481 e. The van der Waals surface area contributed by atoms with Gasteiger partial charge in [0.15, 0.2) is 0 Å². The molecular formula is C23H16Br2N4O4. The molecule has 4 aromatic rings. The third-order valence-electron chi connectivity index (χ3n) is 4.77. The molecule has 1 heterocycles. The van der Waals surface area contributed by atoms with E-state index in [4.69, 9.17) is 4.74 Å². The van der Waals surface area contributed by atoms with Crippen LogP contribution in [0, 0.1) is 17.0 Å². The van der Waals surface area contributed by atoms with Gasteiger partial charge in [0.05, 0.1) is 22.0 Å². The first-order valence-electron chi connectivity index (χ1n) is 9.71. The molecule has 0 aliphatic rings. The van der Waals surface area contributed by atoms with Gasteiger partial charge in [-0.25, -0.2) is 4.98 Å². The Morgan fingerprint density at radius 2 is 1.88 bits per heavy atom. The summed E-state index contributed by atoms with van der Waals surface area (Å²) in [5, 5.41) is 16.4. The van der Waals surface area contributed by atoms with Gasteiger partial charge in [-0.1, -0.05) is 62.2 Å². The number of aryl methyl sites for hydroxylation is 1. The van der Waals surface area contributed by atoms with Crippen molar-refractivity contribution in [2.24, 2.45) is 5.10 Å². The van der Waals surface area contributed by atoms with Crippen molar-refractivity contribution in [3.05, 3.63) is 107 Å². The second-order valence-electron chi connectivity index (χ2n) is 7.06. The van der Waals surface area contributed by atoms with Gasteiger partial charge < -0.3 is 4.74 Å². The van der Waals surface area contributed by atoms with Crippen LogP contribution in [0.4, 0.5) is 5.69 Å². The maximum absolute atomic E-state index is 13.0. The molecule has 0 aliphatic heterocycles. The Morgan fingerprint density at radius 3 is 2.61 bits per heavy atom. The van der Waals surface area contributed by atoms with Crippen LogP contribution in [0.3, 0.4) is 0 Å². The third kappa shape index (κ3) is 5.01. The molecule has 0 saturated carbocycles. The molecule has 0 amide bonds. The van der Waals surface area contributed by atoms with Crippen LogP contribution in [-0.2, 0) is 6.61 Å². The Hall–Kier alpha value is -3.37. The molecule has 0 unspecified atom stereocenters. The number of nitro groups is 1. The van der Waals surface area contributed by atoms with E-state index in [0.717, 1.165) is 14.7 Å². The number of benzene rings is 3. The fourth-order valence-corrected chi connectivity index (χ4v) is 4.06. The van der Waals surface area contributed by atoms with Crippen LogP contribution in [0.1, 0.15) is 17.0 Å². The molecule has 10 heteroatoms. The van der Waals surface area contributed by atoms with Gasteiger partial charge in [-0.15, -0.1) is 0 Å². The Bertz CT molecular complexity index is 1450. The first-order valence-corrected chi connectivity index (χ1v) is 11.3. The number of hydrogen-bond donors (Lipinski definition) is 0. The lowest BCUT2D eigenvalue weighted by Gasteiger charge is -2.11. The van der Waals surface area contributed by atoms with Crippen molar-refractivity contribution in [1.82, 2.24) is 9.66 Å². The summed E-state index contributed by atoms with van der Waals surface area (Å²) in [4.78, 5) is 28.6. The molecule has 3 aromatic carbocycles. The Labute approximate surface area is 204 Å². The molecule has 4 rings (SSSR count). The highest BCUT2D eigenvalue weighted by Crippen LogP contribution is 2.34. The van der Waals surface area contributed by atoms with Crippen molar-refractivity contribution < 1.29 is 9.66 Å². The number of halogens is 2. The van der Waals surface area contributed by atoms with Crippen LogP contribution in [0.5, 0.6) is 5.75 Å². The highest BCUT2D eigenvalue weighted by molar-refractivity contribution is 9.10. The summed E-state index contributed by atoms with van der Waals surface area (Å²) < 4.78 is 8.22. The quantitative estimate of drug-likeness (QED) is 0.170. The van der Waals surface area contributed by atoms with E-state index in [1.807, 2.05) is 30.3 Å².